The summed E-state index contributed by atoms with van der Waals surface area (Å²) in [5, 5.41) is 2.77. The zero-order chi connectivity index (χ0) is 16.1. The van der Waals surface area contributed by atoms with Gasteiger partial charge < -0.3 is 25.3 Å². The number of amides is 1. The molecule has 3 N–H and O–H groups in total. The highest BCUT2D eigenvalue weighted by molar-refractivity contribution is 6.05. The summed E-state index contributed by atoms with van der Waals surface area (Å²) < 4.78 is 15.4. The lowest BCUT2D eigenvalue weighted by Gasteiger charge is -2.11. The van der Waals surface area contributed by atoms with Gasteiger partial charge in [-0.3, -0.25) is 4.79 Å². The molecule has 6 nitrogen and oxygen atoms in total. The van der Waals surface area contributed by atoms with E-state index >= 15 is 0 Å². The van der Waals surface area contributed by atoms with E-state index in [1.165, 1.54) is 21.3 Å². The first-order valence-corrected chi connectivity index (χ1v) is 6.56. The van der Waals surface area contributed by atoms with Crippen LogP contribution >= 0.6 is 0 Å². The maximum atomic E-state index is 12.3. The van der Waals surface area contributed by atoms with Crippen molar-refractivity contribution in [2.24, 2.45) is 0 Å². The second-order valence-corrected chi connectivity index (χ2v) is 4.48. The summed E-state index contributed by atoms with van der Waals surface area (Å²) in [5.74, 6) is 1.34. The maximum Gasteiger partial charge on any atom is 0.255 e. The fourth-order valence-corrected chi connectivity index (χ4v) is 1.99. The van der Waals surface area contributed by atoms with E-state index in [2.05, 4.69) is 5.32 Å². The van der Waals surface area contributed by atoms with Gasteiger partial charge in [-0.25, -0.2) is 0 Å². The van der Waals surface area contributed by atoms with Gasteiger partial charge in [-0.15, -0.1) is 0 Å². The van der Waals surface area contributed by atoms with E-state index in [1.807, 2.05) is 0 Å². The number of carbonyl (C=O) groups is 1. The Morgan fingerprint density at radius 2 is 1.55 bits per heavy atom. The highest BCUT2D eigenvalue weighted by Gasteiger charge is 2.11. The van der Waals surface area contributed by atoms with Crippen LogP contribution in [0.25, 0.3) is 0 Å². The van der Waals surface area contributed by atoms with Crippen molar-refractivity contribution in [3.8, 4) is 17.2 Å². The molecule has 0 heterocycles. The molecule has 2 aromatic carbocycles. The number of methoxy groups -OCH3 is 3. The summed E-state index contributed by atoms with van der Waals surface area (Å²) in [6.07, 6.45) is 0. The van der Waals surface area contributed by atoms with Crippen LogP contribution in [0.5, 0.6) is 17.2 Å². The molecule has 22 heavy (non-hydrogen) atoms. The van der Waals surface area contributed by atoms with Crippen LogP contribution < -0.4 is 25.3 Å². The lowest BCUT2D eigenvalue weighted by atomic mass is 10.1. The molecule has 0 aromatic heterocycles. The predicted molar refractivity (Wildman–Crippen MR) is 84.9 cm³/mol. The SMILES string of the molecule is COc1ccc(NC(=O)c2ccc(OC)c(OC)c2)cc1N. The Balaban J connectivity index is 2.20. The van der Waals surface area contributed by atoms with Crippen LogP contribution in [0.3, 0.4) is 0 Å². The molecule has 0 aliphatic rings. The van der Waals surface area contributed by atoms with Gasteiger partial charge in [0.25, 0.3) is 5.91 Å². The molecule has 0 aliphatic carbocycles. The van der Waals surface area contributed by atoms with E-state index in [1.54, 1.807) is 36.4 Å². The summed E-state index contributed by atoms with van der Waals surface area (Å²) in [6.45, 7) is 0. The van der Waals surface area contributed by atoms with Crippen LogP contribution in [-0.4, -0.2) is 27.2 Å². The van der Waals surface area contributed by atoms with E-state index < -0.39 is 0 Å². The predicted octanol–water partition coefficient (Wildman–Crippen LogP) is 2.55. The Morgan fingerprint density at radius 3 is 2.14 bits per heavy atom. The molecule has 0 spiro atoms. The number of ether oxygens (including phenoxy) is 3. The highest BCUT2D eigenvalue weighted by atomic mass is 16.5. The minimum atomic E-state index is -0.273. The van der Waals surface area contributed by atoms with Gasteiger partial charge in [0.15, 0.2) is 11.5 Å². The zero-order valence-electron chi connectivity index (χ0n) is 12.7. The number of nitrogens with one attached hydrogen (secondary N) is 1. The summed E-state index contributed by atoms with van der Waals surface area (Å²) in [7, 11) is 4.59. The quantitative estimate of drug-likeness (QED) is 0.829. The molecule has 6 heteroatoms. The molecular formula is C16H18N2O4. The lowest BCUT2D eigenvalue weighted by molar-refractivity contribution is 0.102. The molecular weight excluding hydrogens is 284 g/mol. The fraction of sp³-hybridized carbons (Fsp3) is 0.188. The molecule has 0 fully saturated rings. The Hall–Kier alpha value is -2.89. The number of nitrogens with two attached hydrogens (primary N) is 1. The van der Waals surface area contributed by atoms with Crippen molar-refractivity contribution in [2.45, 2.75) is 0 Å². The van der Waals surface area contributed by atoms with Gasteiger partial charge >= 0.3 is 0 Å². The number of carbonyl (C=O) groups excluding carboxylic acids is 1. The van der Waals surface area contributed by atoms with Gasteiger partial charge in [0.1, 0.15) is 5.75 Å². The van der Waals surface area contributed by atoms with Crippen molar-refractivity contribution in [2.75, 3.05) is 32.4 Å². The van der Waals surface area contributed by atoms with E-state index in [-0.39, 0.29) is 5.91 Å². The third-order valence-corrected chi connectivity index (χ3v) is 3.13. The van der Waals surface area contributed by atoms with Crippen molar-refractivity contribution in [1.82, 2.24) is 0 Å². The molecule has 2 aromatic rings. The third-order valence-electron chi connectivity index (χ3n) is 3.13. The summed E-state index contributed by atoms with van der Waals surface area (Å²) in [4.78, 5) is 12.3. The molecule has 1 amide bonds. The summed E-state index contributed by atoms with van der Waals surface area (Å²) >= 11 is 0. The average Bonchev–Trinajstić information content (AvgIpc) is 2.54. The number of benzene rings is 2. The topological polar surface area (TPSA) is 82.8 Å². The molecule has 0 unspecified atom stereocenters. The largest absolute Gasteiger partial charge is 0.495 e. The third kappa shape index (κ3) is 3.22. The molecule has 0 aliphatic heterocycles. The Bertz CT molecular complexity index is 686. The Kier molecular flexibility index (Phi) is 4.73. The van der Waals surface area contributed by atoms with Crippen molar-refractivity contribution in [3.05, 3.63) is 42.0 Å². The lowest BCUT2D eigenvalue weighted by Crippen LogP contribution is -2.12. The Labute approximate surface area is 128 Å². The number of hydrogen-bond donors (Lipinski definition) is 2. The van der Waals surface area contributed by atoms with Crippen LogP contribution in [0.1, 0.15) is 10.4 Å². The number of anilines is 2. The summed E-state index contributed by atoms with van der Waals surface area (Å²) in [5.41, 5.74) is 7.30. The van der Waals surface area contributed by atoms with Crippen molar-refractivity contribution in [3.63, 3.8) is 0 Å². The summed E-state index contributed by atoms with van der Waals surface area (Å²) in [6, 6.07) is 9.99. The van der Waals surface area contributed by atoms with Gasteiger partial charge in [0.05, 0.1) is 27.0 Å². The molecule has 0 saturated carbocycles. The molecule has 0 radical (unpaired) electrons. The van der Waals surface area contributed by atoms with E-state index in [0.717, 1.165) is 0 Å². The van der Waals surface area contributed by atoms with E-state index in [9.17, 15) is 4.79 Å². The first-order chi connectivity index (χ1) is 10.6. The monoisotopic (exact) mass is 302 g/mol. The van der Waals surface area contributed by atoms with Crippen LogP contribution in [-0.2, 0) is 0 Å². The van der Waals surface area contributed by atoms with Crippen LogP contribution in [0, 0.1) is 0 Å². The minimum Gasteiger partial charge on any atom is -0.495 e. The van der Waals surface area contributed by atoms with Gasteiger partial charge in [-0.2, -0.15) is 0 Å². The second-order valence-electron chi connectivity index (χ2n) is 4.48. The van der Waals surface area contributed by atoms with Crippen LogP contribution in [0.2, 0.25) is 0 Å². The van der Waals surface area contributed by atoms with Crippen molar-refractivity contribution in [1.29, 1.82) is 0 Å². The number of rotatable bonds is 5. The molecule has 0 bridgehead atoms. The highest BCUT2D eigenvalue weighted by Crippen LogP contribution is 2.28. The van der Waals surface area contributed by atoms with Crippen molar-refractivity contribution >= 4 is 17.3 Å². The molecule has 0 saturated heterocycles. The van der Waals surface area contributed by atoms with Gasteiger partial charge in [0, 0.05) is 11.3 Å². The first-order valence-electron chi connectivity index (χ1n) is 6.56. The molecule has 0 atom stereocenters. The number of hydrogen-bond acceptors (Lipinski definition) is 5. The average molecular weight is 302 g/mol. The van der Waals surface area contributed by atoms with E-state index in [4.69, 9.17) is 19.9 Å². The second kappa shape index (κ2) is 6.71. The normalized spacial score (nSPS) is 9.95. The smallest absolute Gasteiger partial charge is 0.255 e. The molecule has 2 rings (SSSR count). The minimum absolute atomic E-state index is 0.273. The van der Waals surface area contributed by atoms with E-state index in [0.29, 0.717) is 34.2 Å². The fourth-order valence-electron chi connectivity index (χ4n) is 1.99. The van der Waals surface area contributed by atoms with Gasteiger partial charge in [-0.05, 0) is 36.4 Å². The van der Waals surface area contributed by atoms with Crippen molar-refractivity contribution < 1.29 is 19.0 Å². The Morgan fingerprint density at radius 1 is 0.909 bits per heavy atom. The maximum absolute atomic E-state index is 12.3. The van der Waals surface area contributed by atoms with Crippen LogP contribution in [0.15, 0.2) is 36.4 Å². The first kappa shape index (κ1) is 15.5. The zero-order valence-corrected chi connectivity index (χ0v) is 12.7. The van der Waals surface area contributed by atoms with Crippen LogP contribution in [0.4, 0.5) is 11.4 Å². The number of nitrogen functional groups attached to an aromatic ring is 1. The molecule has 116 valence electrons. The van der Waals surface area contributed by atoms with Gasteiger partial charge in [-0.1, -0.05) is 0 Å². The van der Waals surface area contributed by atoms with Gasteiger partial charge in [0.2, 0.25) is 0 Å². The standard InChI is InChI=1S/C16H18N2O4/c1-20-13-7-5-11(9-12(13)17)18-16(19)10-4-6-14(21-2)15(8-10)22-3/h4-9H,17H2,1-3H3,(H,18,19).